The Balaban J connectivity index is 2.18. The smallest absolute Gasteiger partial charge is 0.223 e. The minimum absolute atomic E-state index is 0.229. The quantitative estimate of drug-likeness (QED) is 0.750. The first kappa shape index (κ1) is 13.9. The van der Waals surface area contributed by atoms with Gasteiger partial charge in [-0.05, 0) is 26.0 Å². The van der Waals surface area contributed by atoms with E-state index in [2.05, 4.69) is 20.6 Å². The van der Waals surface area contributed by atoms with E-state index >= 15 is 0 Å². The molecule has 0 aliphatic rings. The first-order valence-electron chi connectivity index (χ1n) is 6.59. The number of benzene rings is 1. The Morgan fingerprint density at radius 1 is 1.15 bits per heavy atom. The minimum atomic E-state index is 0.229. The van der Waals surface area contributed by atoms with E-state index in [1.807, 2.05) is 44.2 Å². The summed E-state index contributed by atoms with van der Waals surface area (Å²) in [5.74, 6) is 2.38. The zero-order chi connectivity index (χ0) is 14.4. The molecule has 0 unspecified atom stereocenters. The summed E-state index contributed by atoms with van der Waals surface area (Å²) in [5.41, 5.74) is 6.58. The zero-order valence-corrected chi connectivity index (χ0v) is 11.7. The van der Waals surface area contributed by atoms with Gasteiger partial charge in [0.05, 0.1) is 6.61 Å². The first-order valence-corrected chi connectivity index (χ1v) is 6.59. The number of hydrogen-bond donors (Lipinski definition) is 3. The molecule has 2 rings (SSSR count). The molecule has 0 spiro atoms. The maximum absolute atomic E-state index is 5.69. The van der Waals surface area contributed by atoms with Gasteiger partial charge in [-0.1, -0.05) is 6.07 Å². The third kappa shape index (κ3) is 3.74. The lowest BCUT2D eigenvalue weighted by atomic mass is 10.3. The lowest BCUT2D eigenvalue weighted by Gasteiger charge is -2.10. The van der Waals surface area contributed by atoms with Gasteiger partial charge in [0.15, 0.2) is 0 Å². The van der Waals surface area contributed by atoms with Crippen LogP contribution < -0.4 is 21.1 Å². The predicted molar refractivity (Wildman–Crippen MR) is 81.5 cm³/mol. The Kier molecular flexibility index (Phi) is 4.60. The summed E-state index contributed by atoms with van der Waals surface area (Å²) >= 11 is 0. The van der Waals surface area contributed by atoms with Crippen LogP contribution in [0.15, 0.2) is 30.3 Å². The third-order valence-corrected chi connectivity index (χ3v) is 2.52. The zero-order valence-electron chi connectivity index (χ0n) is 11.7. The highest BCUT2D eigenvalue weighted by Crippen LogP contribution is 2.22. The van der Waals surface area contributed by atoms with Crippen LogP contribution in [0.1, 0.15) is 13.8 Å². The normalized spacial score (nSPS) is 10.1. The molecule has 0 aliphatic heterocycles. The summed E-state index contributed by atoms with van der Waals surface area (Å²) in [4.78, 5) is 8.26. The lowest BCUT2D eigenvalue weighted by Crippen LogP contribution is -2.05. The van der Waals surface area contributed by atoms with Crippen molar-refractivity contribution < 1.29 is 4.74 Å². The summed E-state index contributed by atoms with van der Waals surface area (Å²) in [6.45, 7) is 5.36. The Morgan fingerprint density at radius 2 is 1.95 bits per heavy atom. The van der Waals surface area contributed by atoms with Gasteiger partial charge < -0.3 is 21.1 Å². The number of nitrogen functional groups attached to an aromatic ring is 1. The number of nitrogens with zero attached hydrogens (tertiary/aromatic N) is 2. The van der Waals surface area contributed by atoms with Crippen molar-refractivity contribution in [3.8, 4) is 5.75 Å². The SMILES string of the molecule is CCNc1cc(Nc2cccc(OCC)c2)nc(N)n1. The fraction of sp³-hybridized carbons (Fsp3) is 0.286. The number of hydrogen-bond acceptors (Lipinski definition) is 6. The summed E-state index contributed by atoms with van der Waals surface area (Å²) in [6, 6.07) is 9.49. The fourth-order valence-corrected chi connectivity index (χ4v) is 1.78. The molecule has 0 fully saturated rings. The number of nitrogens with two attached hydrogens (primary N) is 1. The first-order chi connectivity index (χ1) is 9.71. The van der Waals surface area contributed by atoms with Crippen molar-refractivity contribution in [1.82, 2.24) is 9.97 Å². The molecular formula is C14H19N5O. The van der Waals surface area contributed by atoms with Gasteiger partial charge in [-0.3, -0.25) is 0 Å². The molecule has 2 aromatic rings. The Morgan fingerprint density at radius 3 is 2.70 bits per heavy atom. The monoisotopic (exact) mass is 273 g/mol. The van der Waals surface area contributed by atoms with Crippen LogP contribution in [0.3, 0.4) is 0 Å². The highest BCUT2D eigenvalue weighted by molar-refractivity contribution is 5.62. The van der Waals surface area contributed by atoms with Crippen molar-refractivity contribution in [2.24, 2.45) is 0 Å². The molecule has 0 radical (unpaired) electrons. The van der Waals surface area contributed by atoms with E-state index in [0.717, 1.165) is 18.0 Å². The molecule has 1 aromatic carbocycles. The largest absolute Gasteiger partial charge is 0.494 e. The summed E-state index contributed by atoms with van der Waals surface area (Å²) in [6.07, 6.45) is 0. The van der Waals surface area contributed by atoms with Crippen LogP contribution in [0.4, 0.5) is 23.3 Å². The van der Waals surface area contributed by atoms with Gasteiger partial charge in [-0.15, -0.1) is 0 Å². The molecule has 1 aromatic heterocycles. The molecule has 20 heavy (non-hydrogen) atoms. The molecule has 106 valence electrons. The second kappa shape index (κ2) is 6.60. The van der Waals surface area contributed by atoms with Crippen molar-refractivity contribution in [3.05, 3.63) is 30.3 Å². The summed E-state index contributed by atoms with van der Waals surface area (Å²) < 4.78 is 5.46. The molecule has 0 aliphatic carbocycles. The standard InChI is InChI=1S/C14H19N5O/c1-3-16-12-9-13(19-14(15)18-12)17-10-6-5-7-11(8-10)20-4-2/h5-9H,3-4H2,1-2H3,(H4,15,16,17,18,19). The molecule has 6 heteroatoms. The fourth-order valence-electron chi connectivity index (χ4n) is 1.78. The van der Waals surface area contributed by atoms with E-state index in [1.165, 1.54) is 0 Å². The van der Waals surface area contributed by atoms with Crippen LogP contribution in [0.25, 0.3) is 0 Å². The van der Waals surface area contributed by atoms with Crippen LogP contribution in [-0.2, 0) is 0 Å². The van der Waals surface area contributed by atoms with E-state index in [4.69, 9.17) is 10.5 Å². The Hall–Kier alpha value is -2.50. The van der Waals surface area contributed by atoms with Crippen molar-refractivity contribution in [2.45, 2.75) is 13.8 Å². The van der Waals surface area contributed by atoms with Crippen molar-refractivity contribution >= 4 is 23.3 Å². The lowest BCUT2D eigenvalue weighted by molar-refractivity contribution is 0.340. The predicted octanol–water partition coefficient (Wildman–Crippen LogP) is 2.63. The number of anilines is 4. The Bertz CT molecular complexity index is 573. The van der Waals surface area contributed by atoms with Crippen LogP contribution in [0.5, 0.6) is 5.75 Å². The van der Waals surface area contributed by atoms with Crippen LogP contribution >= 0.6 is 0 Å². The molecule has 0 bridgehead atoms. The van der Waals surface area contributed by atoms with Crippen LogP contribution in [0, 0.1) is 0 Å². The van der Waals surface area contributed by atoms with Crippen molar-refractivity contribution in [2.75, 3.05) is 29.5 Å². The average Bonchev–Trinajstić information content (AvgIpc) is 2.39. The number of rotatable bonds is 6. The van der Waals surface area contributed by atoms with E-state index < -0.39 is 0 Å². The molecule has 0 saturated carbocycles. The van der Waals surface area contributed by atoms with E-state index in [-0.39, 0.29) is 5.95 Å². The summed E-state index contributed by atoms with van der Waals surface area (Å²) in [5, 5.41) is 6.30. The number of aromatic nitrogens is 2. The van der Waals surface area contributed by atoms with Gasteiger partial charge in [0.2, 0.25) is 5.95 Å². The average molecular weight is 273 g/mol. The maximum atomic E-state index is 5.69. The number of nitrogens with one attached hydrogen (secondary N) is 2. The van der Waals surface area contributed by atoms with Gasteiger partial charge in [0.25, 0.3) is 0 Å². The van der Waals surface area contributed by atoms with E-state index in [9.17, 15) is 0 Å². The highest BCUT2D eigenvalue weighted by Gasteiger charge is 2.03. The molecule has 6 nitrogen and oxygen atoms in total. The molecule has 1 heterocycles. The van der Waals surface area contributed by atoms with Gasteiger partial charge in [0.1, 0.15) is 17.4 Å². The highest BCUT2D eigenvalue weighted by atomic mass is 16.5. The molecule has 0 saturated heterocycles. The van der Waals surface area contributed by atoms with Gasteiger partial charge in [-0.2, -0.15) is 9.97 Å². The second-order valence-electron chi connectivity index (χ2n) is 4.11. The molecule has 0 atom stereocenters. The van der Waals surface area contributed by atoms with Crippen LogP contribution in [0.2, 0.25) is 0 Å². The topological polar surface area (TPSA) is 85.1 Å². The van der Waals surface area contributed by atoms with Crippen molar-refractivity contribution in [1.29, 1.82) is 0 Å². The maximum Gasteiger partial charge on any atom is 0.223 e. The van der Waals surface area contributed by atoms with E-state index in [0.29, 0.717) is 18.2 Å². The molecule has 4 N–H and O–H groups in total. The van der Waals surface area contributed by atoms with Gasteiger partial charge in [-0.25, -0.2) is 0 Å². The van der Waals surface area contributed by atoms with E-state index in [1.54, 1.807) is 0 Å². The summed E-state index contributed by atoms with van der Waals surface area (Å²) in [7, 11) is 0. The van der Waals surface area contributed by atoms with Gasteiger partial charge in [0, 0.05) is 24.4 Å². The second-order valence-corrected chi connectivity index (χ2v) is 4.11. The Labute approximate surface area is 118 Å². The number of ether oxygens (including phenoxy) is 1. The minimum Gasteiger partial charge on any atom is -0.494 e. The third-order valence-electron chi connectivity index (χ3n) is 2.52. The molecular weight excluding hydrogens is 254 g/mol. The van der Waals surface area contributed by atoms with Gasteiger partial charge >= 0.3 is 0 Å². The van der Waals surface area contributed by atoms with Crippen molar-refractivity contribution in [3.63, 3.8) is 0 Å². The van der Waals surface area contributed by atoms with Crippen LogP contribution in [-0.4, -0.2) is 23.1 Å². The molecule has 0 amide bonds.